The lowest BCUT2D eigenvalue weighted by Crippen LogP contribution is -2.47. The highest BCUT2D eigenvalue weighted by Crippen LogP contribution is 2.17. The molecule has 3 nitrogen and oxygen atoms in total. The number of unbranched alkanes of at least 4 members (excludes halogenated alkanes) is 1. The number of carbonyl (C=O) groups is 1. The second-order valence-corrected chi connectivity index (χ2v) is 3.41. The number of carboxylic acid groups (broad SMARTS) is 1. The molecule has 0 rings (SSSR count). The molecule has 4 heteroatoms. The summed E-state index contributed by atoms with van der Waals surface area (Å²) in [5, 5.41) is 8.89. The van der Waals surface area contributed by atoms with Crippen molar-refractivity contribution in [2.24, 2.45) is 5.73 Å². The highest BCUT2D eigenvalue weighted by Gasteiger charge is 2.31. The molecule has 0 fully saturated rings. The van der Waals surface area contributed by atoms with E-state index in [-0.39, 0.29) is 0 Å². The number of aliphatic carboxylic acids is 1. The summed E-state index contributed by atoms with van der Waals surface area (Å²) < 4.78 is 0. The summed E-state index contributed by atoms with van der Waals surface area (Å²) in [5.74, 6) is -0.927. The lowest BCUT2D eigenvalue weighted by molar-refractivity contribution is -0.143. The van der Waals surface area contributed by atoms with Gasteiger partial charge >= 0.3 is 5.97 Å². The van der Waals surface area contributed by atoms with Crippen molar-refractivity contribution >= 4 is 13.8 Å². The fourth-order valence-electron chi connectivity index (χ4n) is 1.24. The molecular weight excluding hydrogens is 165 g/mol. The normalized spacial score (nSPS) is 14.8. The van der Waals surface area contributed by atoms with Crippen LogP contribution in [0.25, 0.3) is 0 Å². The zero-order chi connectivity index (χ0) is 10.3. The standard InChI is InChI=1S/C9H18BNO2/c1-2-5-9(11,8(12)13)6-3-4-7-10/h2H,1,3-7,10-11H2,(H,12,13)/t9-/m0/s1. The van der Waals surface area contributed by atoms with Crippen LogP contribution in [0.3, 0.4) is 0 Å². The average molecular weight is 183 g/mol. The Hall–Kier alpha value is -0.765. The summed E-state index contributed by atoms with van der Waals surface area (Å²) in [7, 11) is 2.08. The lowest BCUT2D eigenvalue weighted by atomic mass is 9.88. The van der Waals surface area contributed by atoms with E-state index in [1.54, 1.807) is 6.08 Å². The van der Waals surface area contributed by atoms with Crippen LogP contribution in [0.4, 0.5) is 0 Å². The molecule has 0 heterocycles. The van der Waals surface area contributed by atoms with E-state index in [0.717, 1.165) is 19.2 Å². The molecule has 0 aromatic rings. The van der Waals surface area contributed by atoms with Crippen molar-refractivity contribution in [3.63, 3.8) is 0 Å². The minimum Gasteiger partial charge on any atom is -0.480 e. The lowest BCUT2D eigenvalue weighted by Gasteiger charge is -2.22. The molecule has 0 radical (unpaired) electrons. The minimum absolute atomic E-state index is 0.339. The second-order valence-electron chi connectivity index (χ2n) is 3.41. The molecule has 0 unspecified atom stereocenters. The Morgan fingerprint density at radius 3 is 2.62 bits per heavy atom. The Balaban J connectivity index is 4.07. The van der Waals surface area contributed by atoms with Gasteiger partial charge in [0.1, 0.15) is 13.4 Å². The highest BCUT2D eigenvalue weighted by atomic mass is 16.4. The molecule has 0 aromatic heterocycles. The number of hydrogen-bond acceptors (Lipinski definition) is 2. The van der Waals surface area contributed by atoms with E-state index in [1.165, 1.54) is 0 Å². The van der Waals surface area contributed by atoms with Gasteiger partial charge < -0.3 is 10.8 Å². The van der Waals surface area contributed by atoms with Crippen LogP contribution >= 0.6 is 0 Å². The van der Waals surface area contributed by atoms with Gasteiger partial charge in [-0.3, -0.25) is 4.79 Å². The summed E-state index contributed by atoms with van der Waals surface area (Å²) in [5.41, 5.74) is 4.62. The van der Waals surface area contributed by atoms with Gasteiger partial charge in [-0.15, -0.1) is 6.58 Å². The monoisotopic (exact) mass is 183 g/mol. The maximum Gasteiger partial charge on any atom is 0.323 e. The van der Waals surface area contributed by atoms with Crippen molar-refractivity contribution in [1.82, 2.24) is 0 Å². The van der Waals surface area contributed by atoms with Gasteiger partial charge in [-0.25, -0.2) is 0 Å². The van der Waals surface area contributed by atoms with Gasteiger partial charge in [-0.1, -0.05) is 25.2 Å². The van der Waals surface area contributed by atoms with Gasteiger partial charge in [0.05, 0.1) is 0 Å². The topological polar surface area (TPSA) is 63.3 Å². The molecule has 0 aliphatic heterocycles. The molecule has 0 amide bonds. The Morgan fingerprint density at radius 1 is 1.62 bits per heavy atom. The first-order chi connectivity index (χ1) is 6.06. The Labute approximate surface area is 80.4 Å². The quantitative estimate of drug-likeness (QED) is 0.344. The molecule has 0 aliphatic carbocycles. The largest absolute Gasteiger partial charge is 0.480 e. The first-order valence-corrected chi connectivity index (χ1v) is 4.70. The fourth-order valence-corrected chi connectivity index (χ4v) is 1.24. The van der Waals surface area contributed by atoms with Crippen molar-refractivity contribution in [2.45, 2.75) is 37.5 Å². The van der Waals surface area contributed by atoms with Crippen molar-refractivity contribution in [3.8, 4) is 0 Å². The zero-order valence-corrected chi connectivity index (χ0v) is 8.25. The molecule has 0 saturated heterocycles. The van der Waals surface area contributed by atoms with Crippen LogP contribution in [-0.2, 0) is 4.79 Å². The summed E-state index contributed by atoms with van der Waals surface area (Å²) >= 11 is 0. The van der Waals surface area contributed by atoms with Gasteiger partial charge in [0, 0.05) is 0 Å². The molecule has 1 atom stereocenters. The summed E-state index contributed by atoms with van der Waals surface area (Å²) in [4.78, 5) is 10.8. The molecule has 0 spiro atoms. The molecular formula is C9H18BNO2. The van der Waals surface area contributed by atoms with E-state index in [9.17, 15) is 4.79 Å². The van der Waals surface area contributed by atoms with Gasteiger partial charge in [-0.2, -0.15) is 0 Å². The predicted molar refractivity (Wildman–Crippen MR) is 56.6 cm³/mol. The van der Waals surface area contributed by atoms with Gasteiger partial charge in [0.25, 0.3) is 0 Å². The fraction of sp³-hybridized carbons (Fsp3) is 0.667. The Kier molecular flexibility index (Phi) is 5.47. The Bertz CT molecular complexity index is 184. The number of carboxylic acids is 1. The molecule has 0 bridgehead atoms. The molecule has 13 heavy (non-hydrogen) atoms. The number of hydrogen-bond donors (Lipinski definition) is 2. The van der Waals surface area contributed by atoms with Crippen LogP contribution in [0.1, 0.15) is 25.7 Å². The third-order valence-electron chi connectivity index (χ3n) is 2.16. The van der Waals surface area contributed by atoms with E-state index >= 15 is 0 Å². The van der Waals surface area contributed by atoms with Crippen LogP contribution in [0, 0.1) is 0 Å². The molecule has 74 valence electrons. The van der Waals surface area contributed by atoms with E-state index in [4.69, 9.17) is 10.8 Å². The maximum atomic E-state index is 10.8. The van der Waals surface area contributed by atoms with Crippen molar-refractivity contribution in [3.05, 3.63) is 12.7 Å². The number of rotatable bonds is 7. The first kappa shape index (κ1) is 12.2. The average Bonchev–Trinajstić information content (AvgIpc) is 2.05. The zero-order valence-electron chi connectivity index (χ0n) is 8.25. The summed E-state index contributed by atoms with van der Waals surface area (Å²) in [6.45, 7) is 3.51. The van der Waals surface area contributed by atoms with E-state index in [0.29, 0.717) is 12.8 Å². The maximum absolute atomic E-state index is 10.8. The summed E-state index contributed by atoms with van der Waals surface area (Å²) in [6, 6.07) is 0. The van der Waals surface area contributed by atoms with Crippen LogP contribution in [0.2, 0.25) is 6.32 Å². The smallest absolute Gasteiger partial charge is 0.323 e. The highest BCUT2D eigenvalue weighted by molar-refractivity contribution is 6.08. The predicted octanol–water partition coefficient (Wildman–Crippen LogP) is 0.566. The third kappa shape index (κ3) is 4.13. The van der Waals surface area contributed by atoms with Crippen LogP contribution in [0.15, 0.2) is 12.7 Å². The SMILES string of the molecule is BCCCC[C@@](N)(CC=C)C(=O)O. The van der Waals surface area contributed by atoms with E-state index in [1.807, 2.05) is 0 Å². The van der Waals surface area contributed by atoms with Gasteiger partial charge in [0.2, 0.25) is 0 Å². The summed E-state index contributed by atoms with van der Waals surface area (Å²) in [6.07, 6.45) is 5.41. The van der Waals surface area contributed by atoms with Crippen LogP contribution in [-0.4, -0.2) is 24.5 Å². The number of nitrogens with two attached hydrogens (primary N) is 1. The molecule has 0 aliphatic rings. The molecule has 0 saturated carbocycles. The first-order valence-electron chi connectivity index (χ1n) is 4.70. The van der Waals surface area contributed by atoms with Gasteiger partial charge in [-0.05, 0) is 12.8 Å². The van der Waals surface area contributed by atoms with Crippen LogP contribution < -0.4 is 5.73 Å². The van der Waals surface area contributed by atoms with Crippen molar-refractivity contribution in [1.29, 1.82) is 0 Å². The van der Waals surface area contributed by atoms with Crippen molar-refractivity contribution < 1.29 is 9.90 Å². The van der Waals surface area contributed by atoms with Gasteiger partial charge in [0.15, 0.2) is 0 Å². The van der Waals surface area contributed by atoms with E-state index in [2.05, 4.69) is 14.4 Å². The van der Waals surface area contributed by atoms with Crippen LogP contribution in [0.5, 0.6) is 0 Å². The van der Waals surface area contributed by atoms with E-state index < -0.39 is 11.5 Å². The third-order valence-corrected chi connectivity index (χ3v) is 2.16. The second kappa shape index (κ2) is 5.81. The molecule has 0 aromatic carbocycles. The minimum atomic E-state index is -1.10. The Morgan fingerprint density at radius 2 is 2.23 bits per heavy atom. The van der Waals surface area contributed by atoms with Crippen molar-refractivity contribution in [2.75, 3.05) is 0 Å². The molecule has 3 N–H and O–H groups in total.